The predicted octanol–water partition coefficient (Wildman–Crippen LogP) is 8.71. The Balaban J connectivity index is 1.59. The van der Waals surface area contributed by atoms with Crippen molar-refractivity contribution < 1.29 is 18.0 Å². The Labute approximate surface area is 306 Å². The van der Waals surface area contributed by atoms with Gasteiger partial charge in [-0.25, -0.2) is 8.42 Å². The molecule has 1 fully saturated rings. The lowest BCUT2D eigenvalue weighted by Crippen LogP contribution is -2.55. The highest BCUT2D eigenvalue weighted by Crippen LogP contribution is 2.29. The molecule has 0 heterocycles. The molecule has 0 spiro atoms. The number of hydrogen-bond donors (Lipinski definition) is 1. The largest absolute Gasteiger partial charge is 0.352 e. The van der Waals surface area contributed by atoms with Crippen LogP contribution in [-0.4, -0.2) is 43.8 Å². The van der Waals surface area contributed by atoms with Crippen LogP contribution < -0.4 is 9.62 Å². The van der Waals surface area contributed by atoms with Crippen molar-refractivity contribution in [2.45, 2.75) is 88.7 Å². The van der Waals surface area contributed by atoms with Crippen LogP contribution in [-0.2, 0) is 32.6 Å². The zero-order valence-electron chi connectivity index (χ0n) is 28.8. The van der Waals surface area contributed by atoms with E-state index in [1.54, 1.807) is 54.6 Å². The number of carbonyl (C=O) groups is 2. The van der Waals surface area contributed by atoms with Gasteiger partial charge < -0.3 is 10.2 Å². The van der Waals surface area contributed by atoms with Gasteiger partial charge in [0.05, 0.1) is 10.6 Å². The number of aryl methyl sites for hydroxylation is 1. The van der Waals surface area contributed by atoms with E-state index in [1.165, 1.54) is 4.90 Å². The molecule has 50 heavy (non-hydrogen) atoms. The molecule has 0 saturated heterocycles. The number of hydrogen-bond acceptors (Lipinski definition) is 4. The third-order valence-electron chi connectivity index (χ3n) is 9.31. The number of nitrogens with one attached hydrogen (secondary N) is 1. The van der Waals surface area contributed by atoms with Gasteiger partial charge in [-0.05, 0) is 78.8 Å². The average molecular weight is 735 g/mol. The van der Waals surface area contributed by atoms with Crippen LogP contribution in [0.15, 0.2) is 102 Å². The van der Waals surface area contributed by atoms with Crippen LogP contribution in [0.25, 0.3) is 0 Å². The first-order valence-corrected chi connectivity index (χ1v) is 19.4. The second-order valence-corrected chi connectivity index (χ2v) is 16.1. The zero-order valence-corrected chi connectivity index (χ0v) is 31.1. The van der Waals surface area contributed by atoms with E-state index in [0.717, 1.165) is 53.1 Å². The molecule has 0 aromatic heterocycles. The number of carbonyl (C=O) groups excluding carboxylic acids is 2. The molecule has 7 nitrogen and oxygen atoms in total. The molecule has 1 aliphatic rings. The molecule has 0 aliphatic heterocycles. The van der Waals surface area contributed by atoms with E-state index in [4.69, 9.17) is 23.2 Å². The maximum Gasteiger partial charge on any atom is 0.264 e. The first kappa shape index (κ1) is 37.4. The van der Waals surface area contributed by atoms with Gasteiger partial charge in [-0.2, -0.15) is 0 Å². The summed E-state index contributed by atoms with van der Waals surface area (Å²) in [6, 6.07) is 27.4. The molecule has 1 atom stereocenters. The number of anilines is 1. The summed E-state index contributed by atoms with van der Waals surface area (Å²) in [5.74, 6) is -0.596. The summed E-state index contributed by atoms with van der Waals surface area (Å²) < 4.78 is 29.9. The van der Waals surface area contributed by atoms with Crippen molar-refractivity contribution in [1.82, 2.24) is 10.2 Å². The molecule has 10 heteroatoms. The van der Waals surface area contributed by atoms with Gasteiger partial charge in [-0.15, -0.1) is 0 Å². The molecular weight excluding hydrogens is 689 g/mol. The molecule has 4 aromatic rings. The van der Waals surface area contributed by atoms with Crippen molar-refractivity contribution in [1.29, 1.82) is 0 Å². The molecule has 0 unspecified atom stereocenters. The summed E-state index contributed by atoms with van der Waals surface area (Å²) in [4.78, 5) is 30.7. The van der Waals surface area contributed by atoms with Crippen LogP contribution in [0.4, 0.5) is 5.69 Å². The summed E-state index contributed by atoms with van der Waals surface area (Å²) in [5, 5.41) is 4.01. The Hall–Kier alpha value is -3.85. The number of rotatable bonds is 13. The number of amides is 2. The summed E-state index contributed by atoms with van der Waals surface area (Å²) >= 11 is 12.9. The molecule has 5 rings (SSSR count). The van der Waals surface area contributed by atoms with Crippen molar-refractivity contribution in [2.24, 2.45) is 0 Å². The second kappa shape index (κ2) is 16.9. The van der Waals surface area contributed by atoms with Gasteiger partial charge in [0, 0.05) is 29.1 Å². The fourth-order valence-corrected chi connectivity index (χ4v) is 8.21. The molecule has 1 N–H and O–H groups in total. The minimum atomic E-state index is -4.20. The first-order valence-electron chi connectivity index (χ1n) is 17.2. The SMILES string of the molecule is Cc1ccc(S(=O)(=O)N(CC(=O)N(Cc2ccc(Cl)cc2Cl)[C@H](Cc2ccccc2)C(=O)NC2CCCCC2)c2ccc(C(C)C)cc2)cc1. The standard InChI is InChI=1S/C40H45Cl2N3O4S/c1-28(2)31-17-20-35(21-18-31)45(50(48,49)36-22-14-29(3)15-23-36)27-39(46)44(26-32-16-19-33(41)25-37(32)42)38(24-30-10-6-4-7-11-30)40(47)43-34-12-8-5-9-13-34/h4,6-7,10-11,14-23,25,28,34,38H,5,8-9,12-13,24,26-27H2,1-3H3,(H,43,47)/t38-/m1/s1. The van der Waals surface area contributed by atoms with Gasteiger partial charge in [0.2, 0.25) is 11.8 Å². The summed E-state index contributed by atoms with van der Waals surface area (Å²) in [7, 11) is -4.20. The van der Waals surface area contributed by atoms with Gasteiger partial charge in [0.25, 0.3) is 10.0 Å². The van der Waals surface area contributed by atoms with Crippen LogP contribution in [0.1, 0.15) is 74.1 Å². The third kappa shape index (κ3) is 9.47. The number of nitrogens with zero attached hydrogens (tertiary/aromatic N) is 2. The maximum absolute atomic E-state index is 14.8. The van der Waals surface area contributed by atoms with Crippen LogP contribution in [0.5, 0.6) is 0 Å². The number of benzene rings is 4. The van der Waals surface area contributed by atoms with E-state index < -0.39 is 28.5 Å². The Morgan fingerprint density at radius 3 is 2.14 bits per heavy atom. The zero-order chi connectivity index (χ0) is 35.8. The van der Waals surface area contributed by atoms with Crippen LogP contribution >= 0.6 is 23.2 Å². The monoisotopic (exact) mass is 733 g/mol. The van der Waals surface area contributed by atoms with E-state index in [0.29, 0.717) is 21.3 Å². The molecule has 1 aliphatic carbocycles. The van der Waals surface area contributed by atoms with Gasteiger partial charge in [-0.3, -0.25) is 13.9 Å². The Morgan fingerprint density at radius 1 is 0.860 bits per heavy atom. The Kier molecular flexibility index (Phi) is 12.6. The van der Waals surface area contributed by atoms with Crippen LogP contribution in [0.3, 0.4) is 0 Å². The quantitative estimate of drug-likeness (QED) is 0.149. The molecular formula is C40H45Cl2N3O4S. The molecule has 0 radical (unpaired) electrons. The number of sulfonamides is 1. The lowest BCUT2D eigenvalue weighted by molar-refractivity contribution is -0.140. The highest BCUT2D eigenvalue weighted by molar-refractivity contribution is 7.92. The molecule has 1 saturated carbocycles. The normalized spacial score (nSPS) is 14.3. The van der Waals surface area contributed by atoms with Crippen LogP contribution in [0.2, 0.25) is 10.0 Å². The van der Waals surface area contributed by atoms with Gasteiger partial charge in [0.15, 0.2) is 0 Å². The minimum Gasteiger partial charge on any atom is -0.352 e. The lowest BCUT2D eigenvalue weighted by Gasteiger charge is -2.35. The highest BCUT2D eigenvalue weighted by Gasteiger charge is 2.35. The highest BCUT2D eigenvalue weighted by atomic mass is 35.5. The third-order valence-corrected chi connectivity index (χ3v) is 11.7. The fourth-order valence-electron chi connectivity index (χ4n) is 6.32. The van der Waals surface area contributed by atoms with Crippen molar-refractivity contribution in [3.05, 3.63) is 129 Å². The Morgan fingerprint density at radius 2 is 1.52 bits per heavy atom. The molecule has 264 valence electrons. The summed E-state index contributed by atoms with van der Waals surface area (Å²) in [5.41, 5.74) is 3.74. The molecule has 2 amide bonds. The van der Waals surface area contributed by atoms with Gasteiger partial charge in [-0.1, -0.05) is 123 Å². The van der Waals surface area contributed by atoms with E-state index in [9.17, 15) is 18.0 Å². The van der Waals surface area contributed by atoms with Crippen molar-refractivity contribution in [2.75, 3.05) is 10.8 Å². The summed E-state index contributed by atoms with van der Waals surface area (Å²) in [6.45, 7) is 5.43. The molecule has 0 bridgehead atoms. The smallest absolute Gasteiger partial charge is 0.264 e. The maximum atomic E-state index is 14.8. The summed E-state index contributed by atoms with van der Waals surface area (Å²) in [6.07, 6.45) is 5.15. The first-order chi connectivity index (χ1) is 23.9. The second-order valence-electron chi connectivity index (χ2n) is 13.4. The molecule has 4 aromatic carbocycles. The minimum absolute atomic E-state index is 0.00322. The predicted molar refractivity (Wildman–Crippen MR) is 202 cm³/mol. The van der Waals surface area contributed by atoms with Crippen LogP contribution in [0, 0.1) is 6.92 Å². The van der Waals surface area contributed by atoms with Gasteiger partial charge >= 0.3 is 0 Å². The lowest BCUT2D eigenvalue weighted by atomic mass is 9.94. The topological polar surface area (TPSA) is 86.8 Å². The fraction of sp³-hybridized carbons (Fsp3) is 0.350. The van der Waals surface area contributed by atoms with Gasteiger partial charge in [0.1, 0.15) is 12.6 Å². The van der Waals surface area contributed by atoms with E-state index in [1.807, 2.05) is 49.4 Å². The van der Waals surface area contributed by atoms with Crippen molar-refractivity contribution in [3.8, 4) is 0 Å². The van der Waals surface area contributed by atoms with E-state index in [-0.39, 0.29) is 35.7 Å². The number of halogens is 2. The Bertz CT molecular complexity index is 1860. The van der Waals surface area contributed by atoms with E-state index in [2.05, 4.69) is 19.2 Å². The van der Waals surface area contributed by atoms with E-state index >= 15 is 0 Å². The average Bonchev–Trinajstić information content (AvgIpc) is 3.10. The van der Waals surface area contributed by atoms with Crippen molar-refractivity contribution in [3.63, 3.8) is 0 Å². The van der Waals surface area contributed by atoms with Crippen molar-refractivity contribution >= 4 is 50.7 Å².